The molecule has 3 heteroatoms. The van der Waals surface area contributed by atoms with Gasteiger partial charge < -0.3 is 0 Å². The van der Waals surface area contributed by atoms with Crippen molar-refractivity contribution >= 4 is 5.57 Å². The monoisotopic (exact) mass is 226 g/mol. The molecule has 0 bridgehead atoms. The van der Waals surface area contributed by atoms with Crippen LogP contribution in [0.15, 0.2) is 30.8 Å². The molecule has 0 saturated heterocycles. The van der Waals surface area contributed by atoms with E-state index in [0.717, 1.165) is 11.1 Å². The Hall–Kier alpha value is -1.25. The Balaban J connectivity index is 2.42. The molecule has 1 aromatic carbocycles. The van der Waals surface area contributed by atoms with Crippen molar-refractivity contribution in [2.45, 2.75) is 31.4 Å². The van der Waals surface area contributed by atoms with Gasteiger partial charge in [0.2, 0.25) is 0 Å². The average Bonchev–Trinajstić information content (AvgIpc) is 2.97. The van der Waals surface area contributed by atoms with Crippen LogP contribution in [0.4, 0.5) is 13.2 Å². The lowest BCUT2D eigenvalue weighted by atomic mass is 9.92. The molecule has 16 heavy (non-hydrogen) atoms. The van der Waals surface area contributed by atoms with Crippen LogP contribution in [0.3, 0.4) is 0 Å². The van der Waals surface area contributed by atoms with E-state index in [4.69, 9.17) is 0 Å². The first-order valence-corrected chi connectivity index (χ1v) is 5.20. The summed E-state index contributed by atoms with van der Waals surface area (Å²) in [6.45, 7) is 5.55. The number of benzene rings is 1. The molecule has 0 amide bonds. The van der Waals surface area contributed by atoms with Crippen molar-refractivity contribution in [2.75, 3.05) is 0 Å². The molecular formula is C13H13F3. The van der Waals surface area contributed by atoms with E-state index in [-0.39, 0.29) is 12.8 Å². The van der Waals surface area contributed by atoms with Crippen LogP contribution in [-0.2, 0) is 5.41 Å². The van der Waals surface area contributed by atoms with Gasteiger partial charge in [-0.1, -0.05) is 36.4 Å². The highest BCUT2D eigenvalue weighted by molar-refractivity contribution is 5.62. The van der Waals surface area contributed by atoms with E-state index in [1.54, 1.807) is 31.2 Å². The van der Waals surface area contributed by atoms with E-state index in [9.17, 15) is 13.2 Å². The summed E-state index contributed by atoms with van der Waals surface area (Å²) in [4.78, 5) is 0. The van der Waals surface area contributed by atoms with E-state index in [1.165, 1.54) is 0 Å². The Labute approximate surface area is 92.8 Å². The third-order valence-corrected chi connectivity index (χ3v) is 3.20. The van der Waals surface area contributed by atoms with E-state index >= 15 is 0 Å². The van der Waals surface area contributed by atoms with Gasteiger partial charge in [0.1, 0.15) is 0 Å². The summed E-state index contributed by atoms with van der Waals surface area (Å²) in [6, 6.07) is 6.64. The minimum Gasteiger partial charge on any atom is -0.170 e. The molecule has 1 fully saturated rings. The predicted molar refractivity (Wildman–Crippen MR) is 58.1 cm³/mol. The molecule has 0 nitrogen and oxygen atoms in total. The van der Waals surface area contributed by atoms with Crippen molar-refractivity contribution in [2.24, 2.45) is 0 Å². The van der Waals surface area contributed by atoms with E-state index < -0.39 is 11.6 Å². The maximum atomic E-state index is 12.9. The average molecular weight is 226 g/mol. The zero-order chi connectivity index (χ0) is 12.0. The summed E-state index contributed by atoms with van der Waals surface area (Å²) in [5, 5.41) is 0. The second kappa shape index (κ2) is 3.37. The Morgan fingerprint density at radius 1 is 1.31 bits per heavy atom. The minimum absolute atomic E-state index is 0.205. The van der Waals surface area contributed by atoms with Gasteiger partial charge in [0.25, 0.3) is 0 Å². The van der Waals surface area contributed by atoms with Crippen molar-refractivity contribution in [1.82, 2.24) is 0 Å². The second-order valence-electron chi connectivity index (χ2n) is 4.44. The van der Waals surface area contributed by atoms with Crippen molar-refractivity contribution in [1.29, 1.82) is 0 Å². The van der Waals surface area contributed by atoms with Crippen LogP contribution in [0.2, 0.25) is 0 Å². The molecule has 1 aliphatic rings. The quantitative estimate of drug-likeness (QED) is 0.704. The molecule has 0 heterocycles. The summed E-state index contributed by atoms with van der Waals surface area (Å²) in [6.07, 6.45) is -3.73. The number of halogens is 3. The number of hydrogen-bond acceptors (Lipinski definition) is 0. The van der Waals surface area contributed by atoms with Gasteiger partial charge in [-0.25, -0.2) is 0 Å². The first-order valence-electron chi connectivity index (χ1n) is 5.20. The third-order valence-electron chi connectivity index (χ3n) is 3.20. The molecule has 1 saturated carbocycles. The molecule has 0 aromatic heterocycles. The SMILES string of the molecule is C=C(C)c1cccc(C2(C(F)(F)F)CC2)c1. The van der Waals surface area contributed by atoms with Crippen LogP contribution in [-0.4, -0.2) is 6.18 Å². The molecular weight excluding hydrogens is 213 g/mol. The Morgan fingerprint density at radius 2 is 1.94 bits per heavy atom. The number of rotatable bonds is 2. The highest BCUT2D eigenvalue weighted by Crippen LogP contribution is 2.58. The number of alkyl halides is 3. The highest BCUT2D eigenvalue weighted by atomic mass is 19.4. The van der Waals surface area contributed by atoms with Crippen molar-refractivity contribution in [3.05, 3.63) is 42.0 Å². The lowest BCUT2D eigenvalue weighted by Gasteiger charge is -2.20. The summed E-state index contributed by atoms with van der Waals surface area (Å²) in [5.74, 6) is 0. The van der Waals surface area contributed by atoms with Gasteiger partial charge >= 0.3 is 6.18 Å². The topological polar surface area (TPSA) is 0 Å². The first kappa shape index (κ1) is 11.2. The van der Waals surface area contributed by atoms with Crippen LogP contribution >= 0.6 is 0 Å². The number of allylic oxidation sites excluding steroid dienone is 1. The number of hydrogen-bond donors (Lipinski definition) is 0. The van der Waals surface area contributed by atoms with E-state index in [1.807, 2.05) is 0 Å². The van der Waals surface area contributed by atoms with Crippen LogP contribution in [0.1, 0.15) is 30.9 Å². The van der Waals surface area contributed by atoms with Gasteiger partial charge in [-0.05, 0) is 30.9 Å². The lowest BCUT2D eigenvalue weighted by molar-refractivity contribution is -0.160. The summed E-state index contributed by atoms with van der Waals surface area (Å²) in [7, 11) is 0. The standard InChI is InChI=1S/C13H13F3/c1-9(2)10-4-3-5-11(8-10)12(6-7-12)13(14,15)16/h3-5,8H,1,6-7H2,2H3. The molecule has 0 N–H and O–H groups in total. The molecule has 1 aromatic rings. The minimum atomic E-state index is -4.14. The summed E-state index contributed by atoms with van der Waals surface area (Å²) >= 11 is 0. The maximum Gasteiger partial charge on any atom is 0.398 e. The lowest BCUT2D eigenvalue weighted by Crippen LogP contribution is -2.28. The van der Waals surface area contributed by atoms with Crippen LogP contribution in [0, 0.1) is 0 Å². The normalized spacial score (nSPS) is 18.2. The fourth-order valence-corrected chi connectivity index (χ4v) is 1.94. The molecule has 1 aliphatic carbocycles. The largest absolute Gasteiger partial charge is 0.398 e. The first-order chi connectivity index (χ1) is 7.37. The Bertz CT molecular complexity index is 425. The van der Waals surface area contributed by atoms with Crippen molar-refractivity contribution in [3.8, 4) is 0 Å². The molecule has 0 spiro atoms. The second-order valence-corrected chi connectivity index (χ2v) is 4.44. The van der Waals surface area contributed by atoms with Gasteiger partial charge in [-0.2, -0.15) is 13.2 Å². The highest BCUT2D eigenvalue weighted by Gasteiger charge is 2.64. The molecule has 0 atom stereocenters. The Morgan fingerprint density at radius 3 is 2.38 bits per heavy atom. The molecule has 2 rings (SSSR count). The van der Waals surface area contributed by atoms with Gasteiger partial charge in [-0.15, -0.1) is 0 Å². The van der Waals surface area contributed by atoms with Crippen molar-refractivity contribution < 1.29 is 13.2 Å². The third kappa shape index (κ3) is 1.64. The van der Waals surface area contributed by atoms with Crippen LogP contribution in [0.25, 0.3) is 5.57 Å². The van der Waals surface area contributed by atoms with Gasteiger partial charge in [0.15, 0.2) is 0 Å². The van der Waals surface area contributed by atoms with Gasteiger partial charge in [-0.3, -0.25) is 0 Å². The smallest absolute Gasteiger partial charge is 0.170 e. The molecule has 0 radical (unpaired) electrons. The van der Waals surface area contributed by atoms with Crippen LogP contribution in [0.5, 0.6) is 0 Å². The molecule has 0 aliphatic heterocycles. The zero-order valence-corrected chi connectivity index (χ0v) is 9.06. The molecule has 86 valence electrons. The summed E-state index contributed by atoms with van der Waals surface area (Å²) < 4.78 is 38.7. The summed E-state index contributed by atoms with van der Waals surface area (Å²) in [5.41, 5.74) is 0.367. The van der Waals surface area contributed by atoms with Crippen molar-refractivity contribution in [3.63, 3.8) is 0 Å². The fraction of sp³-hybridized carbons (Fsp3) is 0.385. The maximum absolute atomic E-state index is 12.9. The van der Waals surface area contributed by atoms with Gasteiger partial charge in [0.05, 0.1) is 5.41 Å². The van der Waals surface area contributed by atoms with E-state index in [0.29, 0.717) is 5.56 Å². The van der Waals surface area contributed by atoms with E-state index in [2.05, 4.69) is 6.58 Å². The molecule has 0 unspecified atom stereocenters. The predicted octanol–water partition coefficient (Wildman–Crippen LogP) is 4.31. The zero-order valence-electron chi connectivity index (χ0n) is 9.06. The van der Waals surface area contributed by atoms with Gasteiger partial charge in [0, 0.05) is 0 Å². The fourth-order valence-electron chi connectivity index (χ4n) is 1.94. The Kier molecular flexibility index (Phi) is 2.37. The van der Waals surface area contributed by atoms with Crippen LogP contribution < -0.4 is 0 Å².